The number of methoxy groups -OCH3 is 1. The van der Waals surface area contributed by atoms with Crippen molar-refractivity contribution in [1.29, 1.82) is 0 Å². The second-order valence-corrected chi connectivity index (χ2v) is 9.41. The van der Waals surface area contributed by atoms with Crippen molar-refractivity contribution in [1.82, 2.24) is 14.3 Å². The van der Waals surface area contributed by atoms with Gasteiger partial charge in [-0.2, -0.15) is 0 Å². The van der Waals surface area contributed by atoms with Crippen molar-refractivity contribution < 1.29 is 35.5 Å². The number of ether oxygens (including phenoxy) is 2. The number of nitrogens with one attached hydrogen (secondary N) is 2. The van der Waals surface area contributed by atoms with Gasteiger partial charge in [0.25, 0.3) is 10.0 Å². The monoisotopic (exact) mass is 524 g/mol. The van der Waals surface area contributed by atoms with Gasteiger partial charge in [-0.05, 0) is 42.9 Å². The SMILES string of the molecule is CNCc1cn(S(=O)(=O)c2cncc(F)c2)c2cc(Nc3ccc(OC)cc3OC(F)(F)F)ccc12. The minimum atomic E-state index is -4.95. The average molecular weight is 524 g/mol. The van der Waals surface area contributed by atoms with Gasteiger partial charge in [0.15, 0.2) is 5.75 Å². The fourth-order valence-electron chi connectivity index (χ4n) is 3.62. The quantitative estimate of drug-likeness (QED) is 0.320. The lowest BCUT2D eigenvalue weighted by molar-refractivity contribution is -0.274. The molecule has 2 N–H and O–H groups in total. The Morgan fingerprint density at radius 1 is 1.08 bits per heavy atom. The first-order chi connectivity index (χ1) is 17.0. The Kier molecular flexibility index (Phi) is 6.78. The fraction of sp³-hybridized carbons (Fsp3) is 0.174. The molecule has 2 aromatic carbocycles. The molecule has 4 aromatic rings. The molecule has 13 heteroatoms. The highest BCUT2D eigenvalue weighted by atomic mass is 32.2. The van der Waals surface area contributed by atoms with Gasteiger partial charge in [-0.15, -0.1) is 13.2 Å². The van der Waals surface area contributed by atoms with E-state index in [1.54, 1.807) is 19.2 Å². The third-order valence-electron chi connectivity index (χ3n) is 5.15. The van der Waals surface area contributed by atoms with Crippen LogP contribution in [0.5, 0.6) is 11.5 Å². The highest BCUT2D eigenvalue weighted by Gasteiger charge is 2.32. The van der Waals surface area contributed by atoms with Crippen molar-refractivity contribution in [3.63, 3.8) is 0 Å². The molecule has 0 atom stereocenters. The predicted octanol–water partition coefficient (Wildman–Crippen LogP) is 4.78. The molecule has 0 bridgehead atoms. The van der Waals surface area contributed by atoms with Gasteiger partial charge in [0.2, 0.25) is 0 Å². The van der Waals surface area contributed by atoms with Crippen molar-refractivity contribution in [2.24, 2.45) is 0 Å². The first-order valence-electron chi connectivity index (χ1n) is 10.4. The summed E-state index contributed by atoms with van der Waals surface area (Å²) >= 11 is 0. The van der Waals surface area contributed by atoms with Gasteiger partial charge < -0.3 is 20.1 Å². The van der Waals surface area contributed by atoms with E-state index in [2.05, 4.69) is 20.4 Å². The first kappa shape index (κ1) is 25.3. The van der Waals surface area contributed by atoms with Crippen LogP contribution in [0.3, 0.4) is 0 Å². The zero-order chi connectivity index (χ0) is 26.1. The number of fused-ring (bicyclic) bond motifs is 1. The van der Waals surface area contributed by atoms with E-state index in [0.717, 1.165) is 28.5 Å². The van der Waals surface area contributed by atoms with E-state index < -0.39 is 28.0 Å². The van der Waals surface area contributed by atoms with Gasteiger partial charge in [-0.1, -0.05) is 6.07 Å². The van der Waals surface area contributed by atoms with Crippen LogP contribution in [0.15, 0.2) is 66.0 Å². The number of nitrogens with zero attached hydrogens (tertiary/aromatic N) is 2. The number of hydrogen-bond acceptors (Lipinski definition) is 7. The molecular formula is C23H20F4N4O4S. The summed E-state index contributed by atoms with van der Waals surface area (Å²) in [6.07, 6.45) is -1.63. The molecule has 4 rings (SSSR count). The summed E-state index contributed by atoms with van der Waals surface area (Å²) in [4.78, 5) is 3.26. The second kappa shape index (κ2) is 9.66. The van der Waals surface area contributed by atoms with Crippen LogP contribution >= 0.6 is 0 Å². The standard InChI is InChI=1S/C23H20F4N4O4S/c1-28-10-14-13-31(36(32,33)18-7-15(24)11-29-12-18)21-8-16(3-5-19(14)21)30-20-6-4-17(34-2)9-22(20)35-23(25,26)27/h3-9,11-13,28,30H,10H2,1-2H3. The van der Waals surface area contributed by atoms with Crippen molar-refractivity contribution in [2.75, 3.05) is 19.5 Å². The maximum absolute atomic E-state index is 13.7. The van der Waals surface area contributed by atoms with E-state index in [4.69, 9.17) is 4.74 Å². The van der Waals surface area contributed by atoms with E-state index in [1.165, 1.54) is 31.5 Å². The number of hydrogen-bond donors (Lipinski definition) is 2. The third-order valence-corrected chi connectivity index (χ3v) is 6.79. The molecule has 2 aromatic heterocycles. The Labute approximate surface area is 203 Å². The molecule has 0 aliphatic rings. The number of alkyl halides is 3. The molecule has 0 aliphatic carbocycles. The minimum Gasteiger partial charge on any atom is -0.497 e. The van der Waals surface area contributed by atoms with Crippen molar-refractivity contribution in [3.05, 3.63) is 72.4 Å². The molecule has 8 nitrogen and oxygen atoms in total. The molecular weight excluding hydrogens is 504 g/mol. The van der Waals surface area contributed by atoms with E-state index in [9.17, 15) is 26.0 Å². The zero-order valence-corrected chi connectivity index (χ0v) is 19.7. The number of pyridine rings is 1. The Hall–Kier alpha value is -3.84. The van der Waals surface area contributed by atoms with E-state index in [1.807, 2.05) is 0 Å². The van der Waals surface area contributed by atoms with Crippen LogP contribution in [-0.2, 0) is 16.6 Å². The summed E-state index contributed by atoms with van der Waals surface area (Å²) in [5, 5.41) is 6.36. The molecule has 0 radical (unpaired) electrons. The van der Waals surface area contributed by atoms with Crippen LogP contribution in [-0.4, -0.2) is 37.9 Å². The fourth-order valence-corrected chi connectivity index (χ4v) is 4.98. The lowest BCUT2D eigenvalue weighted by Crippen LogP contribution is -2.18. The molecule has 0 unspecified atom stereocenters. The van der Waals surface area contributed by atoms with Crippen LogP contribution < -0.4 is 20.1 Å². The summed E-state index contributed by atoms with van der Waals surface area (Å²) < 4.78 is 89.3. The summed E-state index contributed by atoms with van der Waals surface area (Å²) in [6, 6.07) is 9.39. The molecule has 2 heterocycles. The summed E-state index contributed by atoms with van der Waals surface area (Å²) in [7, 11) is -1.25. The lowest BCUT2D eigenvalue weighted by atomic mass is 10.1. The highest BCUT2D eigenvalue weighted by molar-refractivity contribution is 7.90. The molecule has 0 saturated carbocycles. The van der Waals surface area contributed by atoms with Gasteiger partial charge >= 0.3 is 6.36 Å². The van der Waals surface area contributed by atoms with Crippen LogP contribution in [0.2, 0.25) is 0 Å². The largest absolute Gasteiger partial charge is 0.573 e. The van der Waals surface area contributed by atoms with E-state index in [-0.39, 0.29) is 27.5 Å². The van der Waals surface area contributed by atoms with Crippen molar-refractivity contribution in [2.45, 2.75) is 17.8 Å². The van der Waals surface area contributed by atoms with E-state index in [0.29, 0.717) is 17.5 Å². The molecule has 0 spiro atoms. The third kappa shape index (κ3) is 5.21. The molecule has 0 aliphatic heterocycles. The average Bonchev–Trinajstić information content (AvgIpc) is 3.18. The Balaban J connectivity index is 1.82. The number of benzene rings is 2. The zero-order valence-electron chi connectivity index (χ0n) is 18.9. The van der Waals surface area contributed by atoms with Gasteiger partial charge in [0.05, 0.1) is 24.5 Å². The molecule has 0 saturated heterocycles. The van der Waals surface area contributed by atoms with Gasteiger partial charge in [-0.25, -0.2) is 16.8 Å². The second-order valence-electron chi connectivity index (χ2n) is 7.59. The number of anilines is 2. The topological polar surface area (TPSA) is 94.5 Å². The number of aromatic nitrogens is 2. The smallest absolute Gasteiger partial charge is 0.497 e. The van der Waals surface area contributed by atoms with Gasteiger partial charge in [0, 0.05) is 36.1 Å². The first-order valence-corrected chi connectivity index (χ1v) is 11.8. The molecule has 36 heavy (non-hydrogen) atoms. The predicted molar refractivity (Wildman–Crippen MR) is 124 cm³/mol. The van der Waals surface area contributed by atoms with Crippen LogP contribution in [0, 0.1) is 5.82 Å². The Bertz CT molecular complexity index is 1520. The Morgan fingerprint density at radius 3 is 2.53 bits per heavy atom. The van der Waals surface area contributed by atoms with Crippen LogP contribution in [0.4, 0.5) is 28.9 Å². The summed E-state index contributed by atoms with van der Waals surface area (Å²) in [5.74, 6) is -1.20. The summed E-state index contributed by atoms with van der Waals surface area (Å²) in [6.45, 7) is 0.329. The minimum absolute atomic E-state index is 0.0294. The highest BCUT2D eigenvalue weighted by Crippen LogP contribution is 2.36. The van der Waals surface area contributed by atoms with Crippen LogP contribution in [0.25, 0.3) is 10.9 Å². The lowest BCUT2D eigenvalue weighted by Gasteiger charge is -2.16. The van der Waals surface area contributed by atoms with E-state index >= 15 is 0 Å². The van der Waals surface area contributed by atoms with Gasteiger partial charge in [0.1, 0.15) is 16.5 Å². The molecule has 0 fully saturated rings. The normalized spacial score (nSPS) is 12.1. The van der Waals surface area contributed by atoms with Crippen molar-refractivity contribution in [3.8, 4) is 11.5 Å². The summed E-state index contributed by atoms with van der Waals surface area (Å²) in [5.41, 5.74) is 1.11. The number of halogens is 4. The van der Waals surface area contributed by atoms with Crippen LogP contribution in [0.1, 0.15) is 5.56 Å². The van der Waals surface area contributed by atoms with Gasteiger partial charge in [-0.3, -0.25) is 4.98 Å². The molecule has 0 amide bonds. The Morgan fingerprint density at radius 2 is 1.86 bits per heavy atom. The maximum atomic E-state index is 13.7. The van der Waals surface area contributed by atoms with Crippen molar-refractivity contribution >= 4 is 32.3 Å². The number of rotatable bonds is 8. The maximum Gasteiger partial charge on any atom is 0.573 e. The molecule has 190 valence electrons.